The van der Waals surface area contributed by atoms with Gasteiger partial charge in [-0.3, -0.25) is 14.4 Å². The second kappa shape index (κ2) is 9.63. The monoisotopic (exact) mass is 388 g/mol. The van der Waals surface area contributed by atoms with Crippen LogP contribution in [0.1, 0.15) is 27.1 Å². The van der Waals surface area contributed by atoms with Crippen molar-refractivity contribution in [3.05, 3.63) is 53.6 Å². The van der Waals surface area contributed by atoms with Gasteiger partial charge in [0.1, 0.15) is 11.5 Å². The van der Waals surface area contributed by atoms with Crippen LogP contribution in [0.2, 0.25) is 0 Å². The zero-order valence-corrected chi connectivity index (χ0v) is 15.8. The lowest BCUT2D eigenvalue weighted by Crippen LogP contribution is -2.28. The molecule has 0 saturated carbocycles. The molecule has 0 saturated heterocycles. The summed E-state index contributed by atoms with van der Waals surface area (Å²) in [7, 11) is 2.98. The second-order valence-electron chi connectivity index (χ2n) is 5.42. The molecule has 0 atom stereocenters. The first kappa shape index (κ1) is 20.3. The lowest BCUT2D eigenvalue weighted by atomic mass is 10.2. The molecule has 2 rings (SSSR count). The molecule has 0 radical (unpaired) electrons. The van der Waals surface area contributed by atoms with E-state index in [2.05, 4.69) is 5.32 Å². The van der Waals surface area contributed by atoms with E-state index in [9.17, 15) is 14.4 Å². The van der Waals surface area contributed by atoms with Crippen molar-refractivity contribution >= 4 is 28.7 Å². The van der Waals surface area contributed by atoms with Crippen LogP contribution >= 0.6 is 11.8 Å². The normalized spacial score (nSPS) is 10.1. The Morgan fingerprint density at radius 2 is 1.78 bits per heavy atom. The van der Waals surface area contributed by atoms with E-state index in [1.54, 1.807) is 42.5 Å². The number of methoxy groups -OCH3 is 2. The quantitative estimate of drug-likeness (QED) is 0.672. The fraction of sp³-hybridized carbons (Fsp3) is 0.211. The molecule has 0 fully saturated rings. The second-order valence-corrected chi connectivity index (χ2v) is 6.44. The number of primary amides is 1. The molecule has 2 amide bonds. The highest BCUT2D eigenvalue weighted by molar-refractivity contribution is 8.14. The Labute approximate surface area is 161 Å². The van der Waals surface area contributed by atoms with Gasteiger partial charge in [0, 0.05) is 17.9 Å². The molecule has 27 heavy (non-hydrogen) atoms. The van der Waals surface area contributed by atoms with E-state index in [4.69, 9.17) is 15.2 Å². The molecular weight excluding hydrogens is 368 g/mol. The minimum absolute atomic E-state index is 0.0426. The predicted octanol–water partition coefficient (Wildman–Crippen LogP) is 2.24. The Bertz CT molecular complexity index is 854. The van der Waals surface area contributed by atoms with E-state index in [-0.39, 0.29) is 24.0 Å². The number of nitrogens with two attached hydrogens (primary N) is 1. The van der Waals surface area contributed by atoms with Crippen LogP contribution in [-0.2, 0) is 4.79 Å². The summed E-state index contributed by atoms with van der Waals surface area (Å²) in [6.07, 6.45) is 0.0426. The van der Waals surface area contributed by atoms with E-state index < -0.39 is 5.91 Å². The topological polar surface area (TPSA) is 108 Å². The van der Waals surface area contributed by atoms with Crippen molar-refractivity contribution in [1.82, 2.24) is 5.32 Å². The maximum Gasteiger partial charge on any atom is 0.252 e. The van der Waals surface area contributed by atoms with Crippen LogP contribution in [0.15, 0.2) is 47.4 Å². The summed E-state index contributed by atoms with van der Waals surface area (Å²) in [5.74, 6) is 0.0527. The molecule has 3 N–H and O–H groups in total. The average Bonchev–Trinajstić information content (AvgIpc) is 2.67. The van der Waals surface area contributed by atoms with Gasteiger partial charge in [-0.1, -0.05) is 12.1 Å². The zero-order chi connectivity index (χ0) is 19.8. The number of rotatable bonds is 8. The minimum Gasteiger partial charge on any atom is -0.497 e. The molecule has 2 aromatic carbocycles. The first-order valence-electron chi connectivity index (χ1n) is 8.06. The first-order valence-corrected chi connectivity index (χ1v) is 8.87. The molecule has 0 bridgehead atoms. The molecule has 0 spiro atoms. The van der Waals surface area contributed by atoms with E-state index in [0.29, 0.717) is 27.5 Å². The largest absolute Gasteiger partial charge is 0.497 e. The molecule has 8 heteroatoms. The molecule has 7 nitrogen and oxygen atoms in total. The van der Waals surface area contributed by atoms with Gasteiger partial charge in [0.05, 0.1) is 25.3 Å². The number of amides is 2. The SMILES string of the molecule is COc1ccc(OC)c(C(=O)Sc2ccccc2C(=O)NCCC(N)=O)c1. The summed E-state index contributed by atoms with van der Waals surface area (Å²) < 4.78 is 10.4. The van der Waals surface area contributed by atoms with Crippen LogP contribution in [0.3, 0.4) is 0 Å². The third kappa shape index (κ3) is 5.49. The number of carbonyl (C=O) groups is 3. The van der Waals surface area contributed by atoms with Crippen molar-refractivity contribution in [2.45, 2.75) is 11.3 Å². The molecule has 0 unspecified atom stereocenters. The Kier molecular flexibility index (Phi) is 7.25. The summed E-state index contributed by atoms with van der Waals surface area (Å²) >= 11 is 0.913. The Morgan fingerprint density at radius 3 is 2.44 bits per heavy atom. The highest BCUT2D eigenvalue weighted by Crippen LogP contribution is 2.32. The number of thioether (sulfide) groups is 1. The van der Waals surface area contributed by atoms with Crippen molar-refractivity contribution in [3.8, 4) is 11.5 Å². The van der Waals surface area contributed by atoms with Crippen molar-refractivity contribution in [3.63, 3.8) is 0 Å². The number of ether oxygens (including phenoxy) is 2. The highest BCUT2D eigenvalue weighted by atomic mass is 32.2. The summed E-state index contributed by atoms with van der Waals surface area (Å²) in [5, 5.41) is 2.33. The number of benzene rings is 2. The lowest BCUT2D eigenvalue weighted by molar-refractivity contribution is -0.117. The highest BCUT2D eigenvalue weighted by Gasteiger charge is 2.19. The van der Waals surface area contributed by atoms with Crippen molar-refractivity contribution in [2.75, 3.05) is 20.8 Å². The number of nitrogens with one attached hydrogen (secondary N) is 1. The summed E-state index contributed by atoms with van der Waals surface area (Å²) in [6, 6.07) is 11.7. The van der Waals surface area contributed by atoms with Gasteiger partial charge >= 0.3 is 0 Å². The molecular formula is C19H20N2O5S. The number of hydrogen-bond donors (Lipinski definition) is 2. The zero-order valence-electron chi connectivity index (χ0n) is 15.0. The van der Waals surface area contributed by atoms with Gasteiger partial charge in [-0.2, -0.15) is 0 Å². The standard InChI is InChI=1S/C19H20N2O5S/c1-25-12-7-8-15(26-2)14(11-12)19(24)27-16-6-4-3-5-13(16)18(23)21-10-9-17(20)22/h3-8,11H,9-10H2,1-2H3,(H2,20,22)(H,21,23). The first-order chi connectivity index (χ1) is 13.0. The third-order valence-electron chi connectivity index (χ3n) is 3.62. The van der Waals surface area contributed by atoms with Crippen LogP contribution in [0.4, 0.5) is 0 Å². The van der Waals surface area contributed by atoms with Gasteiger partial charge in [-0.15, -0.1) is 0 Å². The molecule has 142 valence electrons. The van der Waals surface area contributed by atoms with Crippen LogP contribution in [0.25, 0.3) is 0 Å². The lowest BCUT2D eigenvalue weighted by Gasteiger charge is -2.11. The molecule has 0 aromatic heterocycles. The van der Waals surface area contributed by atoms with Crippen molar-refractivity contribution in [2.24, 2.45) is 5.73 Å². The van der Waals surface area contributed by atoms with Gasteiger partial charge in [0.15, 0.2) is 0 Å². The average molecular weight is 388 g/mol. The van der Waals surface area contributed by atoms with Gasteiger partial charge in [-0.05, 0) is 42.1 Å². The molecule has 0 heterocycles. The fourth-order valence-electron chi connectivity index (χ4n) is 2.27. The van der Waals surface area contributed by atoms with Gasteiger partial charge in [-0.25, -0.2) is 0 Å². The van der Waals surface area contributed by atoms with Crippen molar-refractivity contribution in [1.29, 1.82) is 0 Å². The van der Waals surface area contributed by atoms with Crippen LogP contribution in [-0.4, -0.2) is 37.7 Å². The fourth-order valence-corrected chi connectivity index (χ4v) is 3.15. The van der Waals surface area contributed by atoms with Gasteiger partial charge in [0.25, 0.3) is 5.91 Å². The minimum atomic E-state index is -0.502. The third-order valence-corrected chi connectivity index (χ3v) is 4.60. The Balaban J connectivity index is 2.21. The van der Waals surface area contributed by atoms with E-state index in [0.717, 1.165) is 11.8 Å². The summed E-state index contributed by atoms with van der Waals surface area (Å²) in [5.41, 5.74) is 5.74. The molecule has 2 aromatic rings. The predicted molar refractivity (Wildman–Crippen MR) is 102 cm³/mol. The Morgan fingerprint density at radius 1 is 1.04 bits per heavy atom. The van der Waals surface area contributed by atoms with E-state index >= 15 is 0 Å². The van der Waals surface area contributed by atoms with E-state index in [1.165, 1.54) is 14.2 Å². The van der Waals surface area contributed by atoms with Crippen LogP contribution < -0.4 is 20.5 Å². The van der Waals surface area contributed by atoms with Crippen LogP contribution in [0, 0.1) is 0 Å². The van der Waals surface area contributed by atoms with Crippen LogP contribution in [0.5, 0.6) is 11.5 Å². The molecule has 0 aliphatic heterocycles. The smallest absolute Gasteiger partial charge is 0.252 e. The van der Waals surface area contributed by atoms with Gasteiger partial charge in [0.2, 0.25) is 11.0 Å². The summed E-state index contributed by atoms with van der Waals surface area (Å²) in [4.78, 5) is 36.4. The molecule has 0 aliphatic rings. The molecule has 0 aliphatic carbocycles. The van der Waals surface area contributed by atoms with Gasteiger partial charge < -0.3 is 20.5 Å². The maximum absolute atomic E-state index is 12.8. The van der Waals surface area contributed by atoms with E-state index in [1.807, 2.05) is 0 Å². The number of hydrogen-bond acceptors (Lipinski definition) is 6. The Hall–Kier alpha value is -3.00. The maximum atomic E-state index is 12.8. The summed E-state index contributed by atoms with van der Waals surface area (Å²) in [6.45, 7) is 0.130. The van der Waals surface area contributed by atoms with Crippen molar-refractivity contribution < 1.29 is 23.9 Å². The number of carbonyl (C=O) groups excluding carboxylic acids is 3.